The van der Waals surface area contributed by atoms with Crippen LogP contribution in [0, 0.1) is 5.92 Å². The Morgan fingerprint density at radius 2 is 1.89 bits per heavy atom. The first-order valence-corrected chi connectivity index (χ1v) is 6.93. The van der Waals surface area contributed by atoms with E-state index in [1.165, 1.54) is 25.7 Å². The number of rotatable bonds is 9. The summed E-state index contributed by atoms with van der Waals surface area (Å²) in [5.41, 5.74) is 1.09. The van der Waals surface area contributed by atoms with E-state index in [0.29, 0.717) is 12.4 Å². The summed E-state index contributed by atoms with van der Waals surface area (Å²) >= 11 is 0. The second-order valence-corrected chi connectivity index (χ2v) is 4.89. The first-order chi connectivity index (χ1) is 8.79. The van der Waals surface area contributed by atoms with Gasteiger partial charge in [0.05, 0.1) is 0 Å². The van der Waals surface area contributed by atoms with Crippen LogP contribution < -0.4 is 0 Å². The minimum Gasteiger partial charge on any atom is -0.459 e. The molecule has 2 nitrogen and oxygen atoms in total. The molecule has 2 heteroatoms. The van der Waals surface area contributed by atoms with Crippen LogP contribution in [0.1, 0.15) is 57.6 Å². The van der Waals surface area contributed by atoms with Crippen LogP contribution in [0.5, 0.6) is 0 Å². The number of ether oxygens (including phenoxy) is 1. The van der Waals surface area contributed by atoms with Crippen LogP contribution in [0.4, 0.5) is 0 Å². The summed E-state index contributed by atoms with van der Waals surface area (Å²) < 4.78 is 5.27. The number of hydrogen-bond donors (Lipinski definition) is 0. The van der Waals surface area contributed by atoms with Crippen LogP contribution in [0.25, 0.3) is 0 Å². The van der Waals surface area contributed by atoms with Gasteiger partial charge >= 0.3 is 0 Å². The maximum atomic E-state index is 10.6. The molecule has 0 saturated carbocycles. The standard InChI is InChI=1S/C16H24O2/c1-3-4-5-7-10-14(2)16(18-13-17)15-11-8-6-9-12-15/h6,8-9,11-14,16H,3-5,7,10H2,1-2H3. The fourth-order valence-corrected chi connectivity index (χ4v) is 2.29. The van der Waals surface area contributed by atoms with Gasteiger partial charge in [0.1, 0.15) is 6.10 Å². The van der Waals surface area contributed by atoms with Gasteiger partial charge in [-0.2, -0.15) is 0 Å². The molecule has 2 atom stereocenters. The van der Waals surface area contributed by atoms with Gasteiger partial charge in [-0.1, -0.05) is 69.9 Å². The smallest absolute Gasteiger partial charge is 0.293 e. The Morgan fingerprint density at radius 1 is 1.17 bits per heavy atom. The number of carbonyl (C=O) groups is 1. The quantitative estimate of drug-likeness (QED) is 0.475. The van der Waals surface area contributed by atoms with Gasteiger partial charge in [0.25, 0.3) is 6.47 Å². The lowest BCUT2D eigenvalue weighted by molar-refractivity contribution is -0.136. The number of unbranched alkanes of at least 4 members (excludes halogenated alkanes) is 3. The van der Waals surface area contributed by atoms with Crippen LogP contribution in [0.15, 0.2) is 30.3 Å². The summed E-state index contributed by atoms with van der Waals surface area (Å²) in [5.74, 6) is 0.370. The Balaban J connectivity index is 2.53. The second kappa shape index (κ2) is 8.73. The van der Waals surface area contributed by atoms with E-state index >= 15 is 0 Å². The van der Waals surface area contributed by atoms with E-state index in [1.807, 2.05) is 30.3 Å². The summed E-state index contributed by atoms with van der Waals surface area (Å²) in [5, 5.41) is 0. The van der Waals surface area contributed by atoms with E-state index in [2.05, 4.69) is 13.8 Å². The predicted molar refractivity (Wildman–Crippen MR) is 74.3 cm³/mol. The molecule has 0 radical (unpaired) electrons. The Morgan fingerprint density at radius 3 is 2.50 bits per heavy atom. The monoisotopic (exact) mass is 248 g/mol. The van der Waals surface area contributed by atoms with Gasteiger partial charge in [0.15, 0.2) is 0 Å². The predicted octanol–water partition coefficient (Wildman–Crippen LogP) is 4.51. The third kappa shape index (κ3) is 4.91. The van der Waals surface area contributed by atoms with Gasteiger partial charge in [-0.3, -0.25) is 4.79 Å². The number of carbonyl (C=O) groups excluding carboxylic acids is 1. The molecular formula is C16H24O2. The van der Waals surface area contributed by atoms with Crippen molar-refractivity contribution < 1.29 is 9.53 Å². The molecule has 2 unspecified atom stereocenters. The highest BCUT2D eigenvalue weighted by Crippen LogP contribution is 2.29. The van der Waals surface area contributed by atoms with Gasteiger partial charge < -0.3 is 4.74 Å². The molecular weight excluding hydrogens is 224 g/mol. The van der Waals surface area contributed by atoms with E-state index in [-0.39, 0.29) is 6.10 Å². The van der Waals surface area contributed by atoms with Crippen molar-refractivity contribution in [3.63, 3.8) is 0 Å². The van der Waals surface area contributed by atoms with Crippen LogP contribution in [-0.4, -0.2) is 6.47 Å². The third-order valence-electron chi connectivity index (χ3n) is 3.36. The summed E-state index contributed by atoms with van der Waals surface area (Å²) in [6, 6.07) is 10.0. The normalized spacial score (nSPS) is 13.9. The highest BCUT2D eigenvalue weighted by Gasteiger charge is 2.19. The lowest BCUT2D eigenvalue weighted by Crippen LogP contribution is -2.13. The Hall–Kier alpha value is -1.31. The Labute approximate surface area is 110 Å². The lowest BCUT2D eigenvalue weighted by Gasteiger charge is -2.22. The molecule has 0 N–H and O–H groups in total. The molecule has 1 aromatic carbocycles. The van der Waals surface area contributed by atoms with E-state index in [4.69, 9.17) is 4.74 Å². The molecule has 0 amide bonds. The van der Waals surface area contributed by atoms with Crippen LogP contribution in [0.2, 0.25) is 0 Å². The number of hydrogen-bond acceptors (Lipinski definition) is 2. The largest absolute Gasteiger partial charge is 0.459 e. The maximum Gasteiger partial charge on any atom is 0.293 e. The maximum absolute atomic E-state index is 10.6. The molecule has 1 aromatic rings. The van der Waals surface area contributed by atoms with Gasteiger partial charge in [0, 0.05) is 0 Å². The van der Waals surface area contributed by atoms with Crippen molar-refractivity contribution in [2.24, 2.45) is 5.92 Å². The minimum atomic E-state index is -0.106. The molecule has 0 aliphatic heterocycles. The van der Waals surface area contributed by atoms with Crippen molar-refractivity contribution in [3.05, 3.63) is 35.9 Å². The highest BCUT2D eigenvalue weighted by atomic mass is 16.5. The summed E-state index contributed by atoms with van der Waals surface area (Å²) in [6.45, 7) is 4.94. The molecule has 0 aliphatic rings. The zero-order valence-electron chi connectivity index (χ0n) is 11.5. The molecule has 1 rings (SSSR count). The second-order valence-electron chi connectivity index (χ2n) is 4.89. The first-order valence-electron chi connectivity index (χ1n) is 6.93. The third-order valence-corrected chi connectivity index (χ3v) is 3.36. The molecule has 18 heavy (non-hydrogen) atoms. The highest BCUT2D eigenvalue weighted by molar-refractivity contribution is 5.38. The Kier molecular flexibility index (Phi) is 7.16. The van der Waals surface area contributed by atoms with E-state index < -0.39 is 0 Å². The molecule has 100 valence electrons. The molecule has 0 fully saturated rings. The van der Waals surface area contributed by atoms with Crippen molar-refractivity contribution in [1.29, 1.82) is 0 Å². The van der Waals surface area contributed by atoms with Crippen molar-refractivity contribution in [1.82, 2.24) is 0 Å². The molecule has 0 spiro atoms. The Bertz CT molecular complexity index is 321. The van der Waals surface area contributed by atoms with Crippen molar-refractivity contribution in [2.75, 3.05) is 0 Å². The van der Waals surface area contributed by atoms with Crippen molar-refractivity contribution in [2.45, 2.75) is 52.1 Å². The van der Waals surface area contributed by atoms with Gasteiger partial charge in [-0.25, -0.2) is 0 Å². The average Bonchev–Trinajstić information content (AvgIpc) is 2.41. The molecule has 0 aromatic heterocycles. The van der Waals surface area contributed by atoms with Crippen molar-refractivity contribution >= 4 is 6.47 Å². The first kappa shape index (κ1) is 14.7. The minimum absolute atomic E-state index is 0.106. The van der Waals surface area contributed by atoms with Crippen LogP contribution >= 0.6 is 0 Å². The fraction of sp³-hybridized carbons (Fsp3) is 0.562. The zero-order valence-corrected chi connectivity index (χ0v) is 11.5. The lowest BCUT2D eigenvalue weighted by atomic mass is 9.92. The summed E-state index contributed by atoms with van der Waals surface area (Å²) in [4.78, 5) is 10.6. The molecule has 0 aliphatic carbocycles. The van der Waals surface area contributed by atoms with Crippen molar-refractivity contribution in [3.8, 4) is 0 Å². The van der Waals surface area contributed by atoms with E-state index in [0.717, 1.165) is 12.0 Å². The summed E-state index contributed by atoms with van der Waals surface area (Å²) in [6.07, 6.45) is 6.01. The van der Waals surface area contributed by atoms with Gasteiger partial charge in [-0.05, 0) is 17.9 Å². The van der Waals surface area contributed by atoms with Gasteiger partial charge in [-0.15, -0.1) is 0 Å². The van der Waals surface area contributed by atoms with Crippen LogP contribution in [-0.2, 0) is 9.53 Å². The average molecular weight is 248 g/mol. The zero-order chi connectivity index (χ0) is 13.2. The van der Waals surface area contributed by atoms with E-state index in [1.54, 1.807) is 0 Å². The topological polar surface area (TPSA) is 26.3 Å². The van der Waals surface area contributed by atoms with Crippen LogP contribution in [0.3, 0.4) is 0 Å². The molecule has 0 saturated heterocycles. The number of benzene rings is 1. The fourth-order valence-electron chi connectivity index (χ4n) is 2.29. The summed E-state index contributed by atoms with van der Waals surface area (Å²) in [7, 11) is 0. The molecule has 0 bridgehead atoms. The van der Waals surface area contributed by atoms with E-state index in [9.17, 15) is 4.79 Å². The SMILES string of the molecule is CCCCCCC(C)C(OC=O)c1ccccc1. The van der Waals surface area contributed by atoms with Gasteiger partial charge in [0.2, 0.25) is 0 Å². The molecule has 0 heterocycles.